The Kier molecular flexibility index (Phi) is 6.01. The lowest BCUT2D eigenvalue weighted by atomic mass is 10.2. The van der Waals surface area contributed by atoms with E-state index in [1.165, 1.54) is 30.5 Å². The summed E-state index contributed by atoms with van der Waals surface area (Å²) in [5, 5.41) is 14.4. The molecule has 2 rings (SSSR count). The Hall–Kier alpha value is -3.22. The summed E-state index contributed by atoms with van der Waals surface area (Å²) in [7, 11) is 0. The summed E-state index contributed by atoms with van der Waals surface area (Å²) in [5.41, 5.74) is 3.41. The van der Waals surface area contributed by atoms with Crippen molar-refractivity contribution in [3.63, 3.8) is 0 Å². The molecule has 0 unspecified atom stereocenters. The number of hydrogen-bond donors (Lipinski definition) is 1. The number of amides is 1. The van der Waals surface area contributed by atoms with E-state index in [1.54, 1.807) is 0 Å². The monoisotopic (exact) mass is 327 g/mol. The lowest BCUT2D eigenvalue weighted by molar-refractivity contribution is -0.384. The van der Waals surface area contributed by atoms with Gasteiger partial charge in [-0.25, -0.2) is 5.43 Å². The first-order valence-electron chi connectivity index (χ1n) is 7.41. The molecule has 0 aliphatic carbocycles. The standard InChI is InChI=1S/C17H17N3O4/c1-2-11-24-16-9-3-13(4-10-16)12-18-19-17(21)14-5-7-15(8-6-14)20(22)23/h3-10,12H,2,11H2,1H3,(H,19,21)/b18-12-. The van der Waals surface area contributed by atoms with Crippen LogP contribution in [-0.2, 0) is 0 Å². The smallest absolute Gasteiger partial charge is 0.271 e. The fourth-order valence-corrected chi connectivity index (χ4v) is 1.83. The van der Waals surface area contributed by atoms with Gasteiger partial charge in [0.2, 0.25) is 0 Å². The molecule has 1 amide bonds. The summed E-state index contributed by atoms with van der Waals surface area (Å²) in [6.45, 7) is 2.70. The largest absolute Gasteiger partial charge is 0.494 e. The molecule has 2 aromatic rings. The number of hydrazone groups is 1. The molecule has 0 bridgehead atoms. The Labute approximate surface area is 139 Å². The SMILES string of the molecule is CCCOc1ccc(/C=N\NC(=O)c2ccc([N+](=O)[O-])cc2)cc1. The molecule has 124 valence electrons. The van der Waals surface area contributed by atoms with Crippen LogP contribution in [0.5, 0.6) is 5.75 Å². The number of carbonyl (C=O) groups is 1. The molecule has 0 aliphatic rings. The van der Waals surface area contributed by atoms with Crippen LogP contribution in [0.1, 0.15) is 29.3 Å². The Morgan fingerprint density at radius 1 is 1.21 bits per heavy atom. The van der Waals surface area contributed by atoms with Crippen LogP contribution in [0, 0.1) is 10.1 Å². The summed E-state index contributed by atoms with van der Waals surface area (Å²) in [4.78, 5) is 21.9. The minimum absolute atomic E-state index is 0.0690. The zero-order chi connectivity index (χ0) is 17.4. The lowest BCUT2D eigenvalue weighted by Crippen LogP contribution is -2.17. The molecular weight excluding hydrogens is 310 g/mol. The van der Waals surface area contributed by atoms with Gasteiger partial charge in [0.1, 0.15) is 5.75 Å². The van der Waals surface area contributed by atoms with Crippen molar-refractivity contribution in [3.05, 3.63) is 69.8 Å². The van der Waals surface area contributed by atoms with Crippen molar-refractivity contribution in [2.75, 3.05) is 6.61 Å². The fraction of sp³-hybridized carbons (Fsp3) is 0.176. The molecule has 0 heterocycles. The molecule has 0 saturated heterocycles. The maximum atomic E-state index is 11.9. The molecule has 1 N–H and O–H groups in total. The number of nitro groups is 1. The van der Waals surface area contributed by atoms with Crippen molar-refractivity contribution >= 4 is 17.8 Å². The molecule has 0 aromatic heterocycles. The minimum atomic E-state index is -0.520. The Bertz CT molecular complexity index is 725. The number of nitro benzene ring substituents is 1. The highest BCUT2D eigenvalue weighted by Gasteiger charge is 2.08. The molecule has 0 radical (unpaired) electrons. The van der Waals surface area contributed by atoms with Gasteiger partial charge >= 0.3 is 0 Å². The average molecular weight is 327 g/mol. The first-order valence-corrected chi connectivity index (χ1v) is 7.41. The van der Waals surface area contributed by atoms with E-state index in [4.69, 9.17) is 4.74 Å². The van der Waals surface area contributed by atoms with Gasteiger partial charge in [0.25, 0.3) is 11.6 Å². The highest BCUT2D eigenvalue weighted by Crippen LogP contribution is 2.12. The number of nitrogens with zero attached hydrogens (tertiary/aromatic N) is 2. The number of nitrogens with one attached hydrogen (secondary N) is 1. The number of hydrogen-bond acceptors (Lipinski definition) is 5. The predicted octanol–water partition coefficient (Wildman–Crippen LogP) is 3.15. The second kappa shape index (κ2) is 8.42. The Morgan fingerprint density at radius 3 is 2.46 bits per heavy atom. The van der Waals surface area contributed by atoms with Gasteiger partial charge in [-0.3, -0.25) is 14.9 Å². The van der Waals surface area contributed by atoms with E-state index in [0.717, 1.165) is 17.7 Å². The molecule has 0 spiro atoms. The first kappa shape index (κ1) is 17.1. The van der Waals surface area contributed by atoms with Crippen LogP contribution in [0.2, 0.25) is 0 Å². The Balaban J connectivity index is 1.90. The normalized spacial score (nSPS) is 10.5. The van der Waals surface area contributed by atoms with E-state index >= 15 is 0 Å². The third kappa shape index (κ3) is 4.91. The van der Waals surface area contributed by atoms with Crippen molar-refractivity contribution in [3.8, 4) is 5.75 Å². The topological polar surface area (TPSA) is 93.8 Å². The van der Waals surface area contributed by atoms with Crippen LogP contribution in [-0.4, -0.2) is 23.7 Å². The van der Waals surface area contributed by atoms with Crippen molar-refractivity contribution in [2.24, 2.45) is 5.10 Å². The van der Waals surface area contributed by atoms with Crippen molar-refractivity contribution in [2.45, 2.75) is 13.3 Å². The highest BCUT2D eigenvalue weighted by molar-refractivity contribution is 5.95. The van der Waals surface area contributed by atoms with Crippen LogP contribution < -0.4 is 10.2 Å². The second-order valence-corrected chi connectivity index (χ2v) is 4.92. The van der Waals surface area contributed by atoms with Crippen LogP contribution in [0.25, 0.3) is 0 Å². The van der Waals surface area contributed by atoms with Gasteiger partial charge in [0.15, 0.2) is 0 Å². The maximum absolute atomic E-state index is 11.9. The molecular formula is C17H17N3O4. The lowest BCUT2D eigenvalue weighted by Gasteiger charge is -2.04. The highest BCUT2D eigenvalue weighted by atomic mass is 16.6. The van der Waals surface area contributed by atoms with Crippen molar-refractivity contribution in [1.29, 1.82) is 0 Å². The zero-order valence-electron chi connectivity index (χ0n) is 13.1. The average Bonchev–Trinajstić information content (AvgIpc) is 2.61. The molecule has 24 heavy (non-hydrogen) atoms. The maximum Gasteiger partial charge on any atom is 0.271 e. The summed E-state index contributed by atoms with van der Waals surface area (Å²) in [6, 6.07) is 12.6. The molecule has 0 saturated carbocycles. The van der Waals surface area contributed by atoms with Gasteiger partial charge in [-0.1, -0.05) is 6.92 Å². The van der Waals surface area contributed by atoms with E-state index in [1.807, 2.05) is 31.2 Å². The Morgan fingerprint density at radius 2 is 1.88 bits per heavy atom. The van der Waals surface area contributed by atoms with Gasteiger partial charge in [-0.15, -0.1) is 0 Å². The number of ether oxygens (including phenoxy) is 1. The van der Waals surface area contributed by atoms with Gasteiger partial charge < -0.3 is 4.74 Å². The number of benzene rings is 2. The van der Waals surface area contributed by atoms with E-state index in [-0.39, 0.29) is 5.69 Å². The number of rotatable bonds is 7. The van der Waals surface area contributed by atoms with E-state index in [2.05, 4.69) is 10.5 Å². The zero-order valence-corrected chi connectivity index (χ0v) is 13.1. The van der Waals surface area contributed by atoms with Crippen LogP contribution in [0.15, 0.2) is 53.6 Å². The van der Waals surface area contributed by atoms with Crippen LogP contribution in [0.4, 0.5) is 5.69 Å². The van der Waals surface area contributed by atoms with Crippen molar-refractivity contribution < 1.29 is 14.5 Å². The molecule has 0 aliphatic heterocycles. The minimum Gasteiger partial charge on any atom is -0.494 e. The summed E-state index contributed by atoms with van der Waals surface area (Å²) in [5.74, 6) is 0.341. The predicted molar refractivity (Wildman–Crippen MR) is 90.4 cm³/mol. The molecule has 2 aromatic carbocycles. The molecule has 0 fully saturated rings. The molecule has 7 heteroatoms. The molecule has 7 nitrogen and oxygen atoms in total. The van der Waals surface area contributed by atoms with Crippen molar-refractivity contribution in [1.82, 2.24) is 5.43 Å². The summed E-state index contributed by atoms with van der Waals surface area (Å²) < 4.78 is 5.47. The summed E-state index contributed by atoms with van der Waals surface area (Å²) >= 11 is 0. The van der Waals surface area contributed by atoms with Crippen LogP contribution >= 0.6 is 0 Å². The van der Waals surface area contributed by atoms with E-state index < -0.39 is 10.8 Å². The molecule has 0 atom stereocenters. The number of carbonyl (C=O) groups excluding carboxylic acids is 1. The third-order valence-corrected chi connectivity index (χ3v) is 3.07. The third-order valence-electron chi connectivity index (χ3n) is 3.07. The van der Waals surface area contributed by atoms with E-state index in [0.29, 0.717) is 12.2 Å². The number of non-ortho nitro benzene ring substituents is 1. The van der Waals surface area contributed by atoms with Gasteiger partial charge in [-0.2, -0.15) is 5.10 Å². The van der Waals surface area contributed by atoms with E-state index in [9.17, 15) is 14.9 Å². The van der Waals surface area contributed by atoms with Gasteiger partial charge in [0.05, 0.1) is 17.7 Å². The second-order valence-electron chi connectivity index (χ2n) is 4.92. The fourth-order valence-electron chi connectivity index (χ4n) is 1.83. The van der Waals surface area contributed by atoms with Crippen LogP contribution in [0.3, 0.4) is 0 Å². The van der Waals surface area contributed by atoms with Gasteiger partial charge in [-0.05, 0) is 48.4 Å². The first-order chi connectivity index (χ1) is 11.6. The summed E-state index contributed by atoms with van der Waals surface area (Å²) in [6.07, 6.45) is 2.45. The quantitative estimate of drug-likeness (QED) is 0.480. The van der Waals surface area contributed by atoms with Gasteiger partial charge in [0, 0.05) is 17.7 Å².